The zero-order valence-electron chi connectivity index (χ0n) is 16.7. The van der Waals surface area contributed by atoms with E-state index in [1.54, 1.807) is 11.1 Å². The molecule has 0 saturated heterocycles. The number of rotatable bonds is 2. The Morgan fingerprint density at radius 2 is 1.32 bits per heavy atom. The number of hydrogen-bond acceptors (Lipinski definition) is 2. The summed E-state index contributed by atoms with van der Waals surface area (Å²) in [5, 5.41) is 6.96. The van der Waals surface area contributed by atoms with Gasteiger partial charge in [-0.1, -0.05) is 30.3 Å². The van der Waals surface area contributed by atoms with Crippen LogP contribution in [0.3, 0.4) is 0 Å². The normalized spacial score (nSPS) is 13.5. The van der Waals surface area contributed by atoms with E-state index in [1.165, 1.54) is 30.6 Å². The van der Waals surface area contributed by atoms with Crippen molar-refractivity contribution in [2.45, 2.75) is 71.9 Å². The van der Waals surface area contributed by atoms with Gasteiger partial charge in [0.15, 0.2) is 0 Å². The summed E-state index contributed by atoms with van der Waals surface area (Å²) in [6.07, 6.45) is 3.82. The number of fused-ring (bicyclic) bond motifs is 1. The molecule has 2 aromatic rings. The molecule has 2 aromatic carbocycles. The highest BCUT2D eigenvalue weighted by Crippen LogP contribution is 2.30. The van der Waals surface area contributed by atoms with Crippen molar-refractivity contribution in [3.8, 4) is 0 Å². The van der Waals surface area contributed by atoms with Gasteiger partial charge in [0.25, 0.3) is 0 Å². The van der Waals surface area contributed by atoms with Gasteiger partial charge in [-0.2, -0.15) is 0 Å². The fraction of sp³-hybridized carbons (Fsp3) is 0.478. The third-order valence-corrected chi connectivity index (χ3v) is 3.95. The fourth-order valence-electron chi connectivity index (χ4n) is 3.10. The fourth-order valence-corrected chi connectivity index (χ4v) is 3.10. The van der Waals surface area contributed by atoms with Gasteiger partial charge in [-0.15, -0.1) is 0 Å². The zero-order valence-corrected chi connectivity index (χ0v) is 16.7. The van der Waals surface area contributed by atoms with Crippen LogP contribution >= 0.6 is 0 Å². The van der Waals surface area contributed by atoms with Crippen LogP contribution in [0.25, 0.3) is 0 Å². The van der Waals surface area contributed by atoms with Gasteiger partial charge in [0, 0.05) is 22.5 Å². The van der Waals surface area contributed by atoms with Crippen molar-refractivity contribution in [1.82, 2.24) is 0 Å². The summed E-state index contributed by atoms with van der Waals surface area (Å²) in [7, 11) is 0. The molecule has 0 heterocycles. The predicted octanol–water partition coefficient (Wildman–Crippen LogP) is 6.28. The molecule has 0 bridgehead atoms. The van der Waals surface area contributed by atoms with E-state index in [4.69, 9.17) is 0 Å². The minimum Gasteiger partial charge on any atom is -0.380 e. The summed E-state index contributed by atoms with van der Waals surface area (Å²) in [6.45, 7) is 13.1. The second kappa shape index (κ2) is 7.95. The van der Waals surface area contributed by atoms with Crippen molar-refractivity contribution < 1.29 is 0 Å². The molecule has 3 rings (SSSR count). The average molecular weight is 339 g/mol. The molecule has 2 nitrogen and oxygen atoms in total. The smallest absolute Gasteiger partial charge is 0.0379 e. The van der Waals surface area contributed by atoms with E-state index in [1.807, 2.05) is 18.2 Å². The van der Waals surface area contributed by atoms with Crippen molar-refractivity contribution in [2.75, 3.05) is 10.6 Å². The number of nitrogens with one attached hydrogen (secondary N) is 2. The summed E-state index contributed by atoms with van der Waals surface area (Å²) < 4.78 is 0. The summed E-state index contributed by atoms with van der Waals surface area (Å²) in [5.74, 6) is 0. The highest BCUT2D eigenvalue weighted by molar-refractivity contribution is 5.57. The van der Waals surface area contributed by atoms with Gasteiger partial charge in [0.1, 0.15) is 0 Å². The van der Waals surface area contributed by atoms with Gasteiger partial charge in [0.2, 0.25) is 0 Å². The van der Waals surface area contributed by atoms with Crippen LogP contribution in [0.15, 0.2) is 48.5 Å². The monoisotopic (exact) mass is 338 g/mol. The molecule has 0 aromatic heterocycles. The van der Waals surface area contributed by atoms with Crippen molar-refractivity contribution in [3.05, 3.63) is 59.7 Å². The number of hydrogen-bond donors (Lipinski definition) is 2. The molecule has 0 unspecified atom stereocenters. The van der Waals surface area contributed by atoms with Crippen LogP contribution in [-0.2, 0) is 12.8 Å². The largest absolute Gasteiger partial charge is 0.380 e. The Balaban J connectivity index is 0.000000186. The van der Waals surface area contributed by atoms with Gasteiger partial charge in [-0.25, -0.2) is 0 Å². The van der Waals surface area contributed by atoms with Crippen molar-refractivity contribution in [3.63, 3.8) is 0 Å². The summed E-state index contributed by atoms with van der Waals surface area (Å²) in [5.41, 5.74) is 5.92. The summed E-state index contributed by atoms with van der Waals surface area (Å²) in [6, 6.07) is 16.9. The van der Waals surface area contributed by atoms with E-state index in [9.17, 15) is 0 Å². The summed E-state index contributed by atoms with van der Waals surface area (Å²) >= 11 is 0. The van der Waals surface area contributed by atoms with E-state index in [0.717, 1.165) is 0 Å². The first-order chi connectivity index (χ1) is 11.6. The van der Waals surface area contributed by atoms with Gasteiger partial charge < -0.3 is 10.6 Å². The van der Waals surface area contributed by atoms with E-state index in [2.05, 4.69) is 82.5 Å². The first-order valence-corrected chi connectivity index (χ1v) is 9.36. The van der Waals surface area contributed by atoms with Gasteiger partial charge >= 0.3 is 0 Å². The molecule has 0 saturated carbocycles. The average Bonchev–Trinajstić information content (AvgIpc) is 2.95. The quantitative estimate of drug-likeness (QED) is 0.673. The zero-order chi connectivity index (χ0) is 18.5. The van der Waals surface area contributed by atoms with Crippen LogP contribution in [-0.4, -0.2) is 11.1 Å². The molecule has 0 radical (unpaired) electrons. The van der Waals surface area contributed by atoms with Crippen molar-refractivity contribution >= 4 is 11.4 Å². The Hall–Kier alpha value is -1.96. The molecule has 136 valence electrons. The number of aryl methyl sites for hydroxylation is 1. The molecule has 0 fully saturated rings. The van der Waals surface area contributed by atoms with Gasteiger partial charge in [-0.05, 0) is 90.1 Å². The Morgan fingerprint density at radius 3 is 1.92 bits per heavy atom. The molecule has 1 aliphatic rings. The van der Waals surface area contributed by atoms with Crippen LogP contribution < -0.4 is 10.6 Å². The first-order valence-electron chi connectivity index (χ1n) is 9.36. The standard InChI is InChI=1S/C13H19N.C10H15N/c1-13(2,3)14-12-9-5-7-10-6-4-8-11(10)12;1-10(2,3)11-9-7-5-4-6-8-9/h5,7,9,14H,4,6,8H2,1-3H3;4-8,11H,1-3H3. The maximum atomic E-state index is 3.58. The first kappa shape index (κ1) is 19.4. The number of benzene rings is 2. The highest BCUT2D eigenvalue weighted by Gasteiger charge is 2.17. The Labute approximate surface area is 154 Å². The molecular formula is C23H34N2. The molecule has 0 amide bonds. The van der Waals surface area contributed by atoms with Gasteiger partial charge in [0.05, 0.1) is 0 Å². The number of para-hydroxylation sites is 1. The molecule has 2 N–H and O–H groups in total. The molecular weight excluding hydrogens is 304 g/mol. The Bertz CT molecular complexity index is 661. The molecule has 25 heavy (non-hydrogen) atoms. The molecule has 0 atom stereocenters. The third-order valence-electron chi connectivity index (χ3n) is 3.95. The lowest BCUT2D eigenvalue weighted by Crippen LogP contribution is -2.26. The van der Waals surface area contributed by atoms with Crippen molar-refractivity contribution in [1.29, 1.82) is 0 Å². The lowest BCUT2D eigenvalue weighted by molar-refractivity contribution is 0.633. The van der Waals surface area contributed by atoms with Crippen LogP contribution in [0.5, 0.6) is 0 Å². The van der Waals surface area contributed by atoms with E-state index >= 15 is 0 Å². The van der Waals surface area contributed by atoms with Crippen LogP contribution in [0.2, 0.25) is 0 Å². The van der Waals surface area contributed by atoms with E-state index in [-0.39, 0.29) is 11.1 Å². The Kier molecular flexibility index (Phi) is 6.16. The minimum atomic E-state index is 0.154. The van der Waals surface area contributed by atoms with E-state index < -0.39 is 0 Å². The molecule has 0 spiro atoms. The SMILES string of the molecule is CC(C)(C)Nc1cccc2c1CCC2.CC(C)(C)Nc1ccccc1. The van der Waals surface area contributed by atoms with Gasteiger partial charge in [-0.3, -0.25) is 0 Å². The predicted molar refractivity (Wildman–Crippen MR) is 112 cm³/mol. The van der Waals surface area contributed by atoms with Crippen LogP contribution in [0, 0.1) is 0 Å². The number of anilines is 2. The molecule has 2 heteroatoms. The highest BCUT2D eigenvalue weighted by atomic mass is 15.0. The van der Waals surface area contributed by atoms with Crippen LogP contribution in [0.4, 0.5) is 11.4 Å². The third kappa shape index (κ3) is 6.81. The topological polar surface area (TPSA) is 24.1 Å². The minimum absolute atomic E-state index is 0.154. The van der Waals surface area contributed by atoms with Crippen molar-refractivity contribution in [2.24, 2.45) is 0 Å². The van der Waals surface area contributed by atoms with Crippen LogP contribution in [0.1, 0.15) is 59.1 Å². The maximum Gasteiger partial charge on any atom is 0.0379 e. The maximum absolute atomic E-state index is 3.58. The second-order valence-corrected chi connectivity index (χ2v) is 8.91. The lowest BCUT2D eigenvalue weighted by Gasteiger charge is -2.24. The summed E-state index contributed by atoms with van der Waals surface area (Å²) in [4.78, 5) is 0. The lowest BCUT2D eigenvalue weighted by atomic mass is 10.0. The second-order valence-electron chi connectivity index (χ2n) is 8.91. The van der Waals surface area contributed by atoms with E-state index in [0.29, 0.717) is 0 Å². The Morgan fingerprint density at radius 1 is 0.680 bits per heavy atom. The molecule has 0 aliphatic heterocycles. The molecule has 1 aliphatic carbocycles.